The van der Waals surface area contributed by atoms with Gasteiger partial charge in [0, 0.05) is 30.7 Å². The average Bonchev–Trinajstić information content (AvgIpc) is 3.30. The minimum absolute atomic E-state index is 0.00880. The molecule has 5 rings (SSSR count). The highest BCUT2D eigenvalue weighted by atomic mass is 32.2. The van der Waals surface area contributed by atoms with E-state index < -0.39 is 10.0 Å². The number of sulfonamides is 1. The fourth-order valence-corrected chi connectivity index (χ4v) is 5.27. The number of nitriles is 1. The van der Waals surface area contributed by atoms with Crippen molar-refractivity contribution in [1.29, 1.82) is 5.26 Å². The maximum atomic E-state index is 12.8. The number of oxazole rings is 1. The maximum Gasteiger partial charge on any atom is 0.266 e. The number of amides is 1. The smallest absolute Gasteiger partial charge is 0.266 e. The van der Waals surface area contributed by atoms with Crippen LogP contribution in [0.5, 0.6) is 0 Å². The minimum atomic E-state index is -3.60. The molecule has 3 heterocycles. The Morgan fingerprint density at radius 2 is 1.94 bits per heavy atom. The first-order valence-electron chi connectivity index (χ1n) is 11.1. The first-order valence-corrected chi connectivity index (χ1v) is 12.5. The Kier molecular flexibility index (Phi) is 5.85. The molecule has 176 valence electrons. The summed E-state index contributed by atoms with van der Waals surface area (Å²) in [4.78, 5) is 19.1. The number of hydrogen-bond donors (Lipinski definition) is 2. The number of benzene rings is 1. The van der Waals surface area contributed by atoms with Crippen molar-refractivity contribution >= 4 is 27.5 Å². The van der Waals surface area contributed by atoms with Crippen LogP contribution in [-0.4, -0.2) is 38.4 Å². The Bertz CT molecular complexity index is 1330. The summed E-state index contributed by atoms with van der Waals surface area (Å²) in [6.07, 6.45) is 4.30. The summed E-state index contributed by atoms with van der Waals surface area (Å²) in [7, 11) is -3.60. The highest BCUT2D eigenvalue weighted by Gasteiger charge is 2.30. The van der Waals surface area contributed by atoms with E-state index in [-0.39, 0.29) is 34.3 Å². The van der Waals surface area contributed by atoms with Crippen molar-refractivity contribution in [2.45, 2.75) is 36.6 Å². The van der Waals surface area contributed by atoms with Crippen molar-refractivity contribution in [1.82, 2.24) is 9.71 Å². The molecule has 3 aromatic rings. The number of hydrogen-bond acceptors (Lipinski definition) is 8. The molecule has 1 aromatic carbocycles. The lowest BCUT2D eigenvalue weighted by Crippen LogP contribution is -2.38. The minimum Gasteiger partial charge on any atom is -0.459 e. The molecule has 0 radical (unpaired) electrons. The molecule has 11 heteroatoms. The van der Waals surface area contributed by atoms with Crippen molar-refractivity contribution in [2.75, 3.05) is 23.3 Å². The molecular weight excluding hydrogens is 458 g/mol. The SMILES string of the molecule is N#Cc1nc(-c2ccco2)oc1N1CCC(C(=O)Nc2cccc(S(=O)(=O)NC3CC3)c2)CC1. The van der Waals surface area contributed by atoms with Crippen LogP contribution in [0, 0.1) is 17.2 Å². The lowest BCUT2D eigenvalue weighted by atomic mass is 9.96. The summed E-state index contributed by atoms with van der Waals surface area (Å²) >= 11 is 0. The second kappa shape index (κ2) is 8.96. The highest BCUT2D eigenvalue weighted by molar-refractivity contribution is 7.89. The van der Waals surface area contributed by atoms with E-state index >= 15 is 0 Å². The first-order chi connectivity index (χ1) is 16.4. The Morgan fingerprint density at radius 1 is 1.15 bits per heavy atom. The van der Waals surface area contributed by atoms with Crippen molar-refractivity contribution in [3.63, 3.8) is 0 Å². The van der Waals surface area contributed by atoms with Gasteiger partial charge in [-0.05, 0) is 56.0 Å². The number of furan rings is 1. The largest absolute Gasteiger partial charge is 0.459 e. The number of anilines is 2. The van der Waals surface area contributed by atoms with Crippen LogP contribution in [0.3, 0.4) is 0 Å². The lowest BCUT2D eigenvalue weighted by Gasteiger charge is -2.31. The number of nitrogens with zero attached hydrogens (tertiary/aromatic N) is 3. The van der Waals surface area contributed by atoms with Gasteiger partial charge in [-0.2, -0.15) is 10.2 Å². The third kappa shape index (κ3) is 4.69. The third-order valence-electron chi connectivity index (χ3n) is 5.91. The molecule has 2 aromatic heterocycles. The van der Waals surface area contributed by atoms with Crippen LogP contribution in [0.15, 0.2) is 56.4 Å². The molecule has 0 bridgehead atoms. The van der Waals surface area contributed by atoms with Crippen LogP contribution < -0.4 is 14.9 Å². The summed E-state index contributed by atoms with van der Waals surface area (Å²) < 4.78 is 38.6. The predicted octanol–water partition coefficient (Wildman–Crippen LogP) is 3.10. The van der Waals surface area contributed by atoms with Gasteiger partial charge in [0.25, 0.3) is 5.89 Å². The van der Waals surface area contributed by atoms with Crippen LogP contribution in [-0.2, 0) is 14.8 Å². The summed E-state index contributed by atoms with van der Waals surface area (Å²) in [5, 5.41) is 12.3. The van der Waals surface area contributed by atoms with Crippen molar-refractivity contribution < 1.29 is 22.0 Å². The number of carbonyl (C=O) groups excluding carboxylic acids is 1. The summed E-state index contributed by atoms with van der Waals surface area (Å²) in [6, 6.07) is 11.8. The highest BCUT2D eigenvalue weighted by Crippen LogP contribution is 2.31. The molecule has 34 heavy (non-hydrogen) atoms. The number of piperidine rings is 1. The van der Waals surface area contributed by atoms with Crippen LogP contribution in [0.2, 0.25) is 0 Å². The molecule has 2 aliphatic rings. The van der Waals surface area contributed by atoms with E-state index in [1.165, 1.54) is 18.4 Å². The predicted molar refractivity (Wildman–Crippen MR) is 122 cm³/mol. The van der Waals surface area contributed by atoms with Crippen LogP contribution in [0.4, 0.5) is 11.6 Å². The molecule has 2 N–H and O–H groups in total. The average molecular weight is 482 g/mol. The van der Waals surface area contributed by atoms with E-state index in [1.807, 2.05) is 4.90 Å². The van der Waals surface area contributed by atoms with Crippen molar-refractivity contribution in [2.24, 2.45) is 5.92 Å². The van der Waals surface area contributed by atoms with Gasteiger partial charge in [0.2, 0.25) is 27.5 Å². The molecule has 0 atom stereocenters. The van der Waals surface area contributed by atoms with Gasteiger partial charge >= 0.3 is 0 Å². The third-order valence-corrected chi connectivity index (χ3v) is 7.43. The Labute approximate surface area is 196 Å². The zero-order valence-corrected chi connectivity index (χ0v) is 19.0. The molecule has 1 saturated carbocycles. The van der Waals surface area contributed by atoms with Crippen LogP contribution >= 0.6 is 0 Å². The number of carbonyl (C=O) groups is 1. The molecule has 0 unspecified atom stereocenters. The molecule has 1 aliphatic heterocycles. The van der Waals surface area contributed by atoms with E-state index in [9.17, 15) is 18.5 Å². The standard InChI is InChI=1S/C23H23N5O5S/c24-14-19-23(33-22(26-19)20-5-2-12-32-20)28-10-8-15(9-11-28)21(29)25-17-3-1-4-18(13-17)34(30,31)27-16-6-7-16/h1-5,12-13,15-16,27H,6-11H2,(H,25,29). The van der Waals surface area contributed by atoms with E-state index in [0.717, 1.165) is 12.8 Å². The quantitative estimate of drug-likeness (QED) is 0.524. The molecule has 1 amide bonds. The summed E-state index contributed by atoms with van der Waals surface area (Å²) in [6.45, 7) is 1.03. The Hall–Kier alpha value is -3.62. The zero-order valence-electron chi connectivity index (χ0n) is 18.2. The number of nitrogens with one attached hydrogen (secondary N) is 2. The van der Waals surface area contributed by atoms with Crippen LogP contribution in [0.25, 0.3) is 11.7 Å². The molecular formula is C23H23N5O5S. The van der Waals surface area contributed by atoms with Gasteiger partial charge in [-0.3, -0.25) is 4.79 Å². The molecule has 1 saturated heterocycles. The number of rotatable bonds is 7. The van der Waals surface area contributed by atoms with Gasteiger partial charge in [0.15, 0.2) is 5.76 Å². The lowest BCUT2D eigenvalue weighted by molar-refractivity contribution is -0.120. The van der Waals surface area contributed by atoms with Gasteiger partial charge in [0.1, 0.15) is 6.07 Å². The second-order valence-corrected chi connectivity index (χ2v) is 10.1. The summed E-state index contributed by atoms with van der Waals surface area (Å²) in [5.41, 5.74) is 0.614. The van der Waals surface area contributed by atoms with E-state index in [2.05, 4.69) is 21.1 Å². The Balaban J connectivity index is 1.22. The van der Waals surface area contributed by atoms with Gasteiger partial charge in [-0.25, -0.2) is 13.1 Å². The second-order valence-electron chi connectivity index (χ2n) is 8.44. The van der Waals surface area contributed by atoms with Gasteiger partial charge in [-0.15, -0.1) is 0 Å². The van der Waals surface area contributed by atoms with Crippen molar-refractivity contribution in [3.8, 4) is 17.7 Å². The topological polar surface area (TPSA) is 141 Å². The van der Waals surface area contributed by atoms with Crippen LogP contribution in [0.1, 0.15) is 31.4 Å². The summed E-state index contributed by atoms with van der Waals surface area (Å²) in [5.74, 6) is 0.627. The van der Waals surface area contributed by atoms with E-state index in [0.29, 0.717) is 43.3 Å². The van der Waals surface area contributed by atoms with Gasteiger partial charge < -0.3 is 19.1 Å². The molecule has 1 aliphatic carbocycles. The van der Waals surface area contributed by atoms with Gasteiger partial charge in [-0.1, -0.05) is 6.07 Å². The number of aromatic nitrogens is 1. The maximum absolute atomic E-state index is 12.8. The van der Waals surface area contributed by atoms with Gasteiger partial charge in [0.05, 0.1) is 11.2 Å². The van der Waals surface area contributed by atoms with E-state index in [1.54, 1.807) is 24.3 Å². The van der Waals surface area contributed by atoms with Crippen molar-refractivity contribution in [3.05, 3.63) is 48.4 Å². The monoisotopic (exact) mass is 481 g/mol. The molecule has 0 spiro atoms. The Morgan fingerprint density at radius 3 is 2.62 bits per heavy atom. The zero-order chi connectivity index (χ0) is 23.7. The normalized spacial score (nSPS) is 16.9. The molecule has 2 fully saturated rings. The molecule has 10 nitrogen and oxygen atoms in total. The fraction of sp³-hybridized carbons (Fsp3) is 0.348. The first kappa shape index (κ1) is 22.2. The fourth-order valence-electron chi connectivity index (χ4n) is 3.92. The van der Waals surface area contributed by atoms with E-state index in [4.69, 9.17) is 8.83 Å².